The van der Waals surface area contributed by atoms with Gasteiger partial charge in [-0.15, -0.1) is 0 Å². The molecule has 108 valence electrons. The van der Waals surface area contributed by atoms with E-state index in [1.807, 2.05) is 17.0 Å². The molecule has 0 heterocycles. The highest BCUT2D eigenvalue weighted by molar-refractivity contribution is 5.78. The lowest BCUT2D eigenvalue weighted by molar-refractivity contribution is -0.130. The van der Waals surface area contributed by atoms with E-state index in [0.29, 0.717) is 12.0 Å². The smallest absolute Gasteiger partial charge is 0.226 e. The van der Waals surface area contributed by atoms with Crippen LogP contribution in [0, 0.1) is 11.3 Å². The number of unbranched alkanes of at least 4 members (excludes halogenated alkanes) is 2. The lowest BCUT2D eigenvalue weighted by Gasteiger charge is -2.22. The molecule has 0 unspecified atom stereocenters. The molecule has 1 amide bonds. The first-order chi connectivity index (χ1) is 9.71. The second kappa shape index (κ2) is 9.14. The van der Waals surface area contributed by atoms with Gasteiger partial charge in [0.2, 0.25) is 5.91 Å². The van der Waals surface area contributed by atoms with Crippen LogP contribution in [0.5, 0.6) is 0 Å². The maximum atomic E-state index is 12.3. The number of hydrogen-bond donors (Lipinski definition) is 0. The number of amides is 1. The van der Waals surface area contributed by atoms with Crippen molar-refractivity contribution in [2.45, 2.75) is 46.0 Å². The Morgan fingerprint density at radius 2 is 1.65 bits per heavy atom. The van der Waals surface area contributed by atoms with E-state index in [2.05, 4.69) is 19.9 Å². The topological polar surface area (TPSA) is 44.1 Å². The number of carbonyl (C=O) groups excluding carboxylic acids is 1. The van der Waals surface area contributed by atoms with Crippen molar-refractivity contribution >= 4 is 5.91 Å². The average molecular weight is 272 g/mol. The Labute approximate surface area is 122 Å². The summed E-state index contributed by atoms with van der Waals surface area (Å²) in [4.78, 5) is 14.3. The molecule has 0 N–H and O–H groups in total. The van der Waals surface area contributed by atoms with Crippen LogP contribution in [-0.2, 0) is 11.2 Å². The molecule has 0 radical (unpaired) electrons. The fourth-order valence-electron chi connectivity index (χ4n) is 2.04. The zero-order valence-corrected chi connectivity index (χ0v) is 12.6. The molecule has 0 aliphatic carbocycles. The molecule has 3 heteroatoms. The molecule has 0 aromatic heterocycles. The zero-order chi connectivity index (χ0) is 14.8. The van der Waals surface area contributed by atoms with Crippen LogP contribution in [0.25, 0.3) is 0 Å². The molecule has 0 saturated carbocycles. The van der Waals surface area contributed by atoms with Crippen LogP contribution in [0.3, 0.4) is 0 Å². The molecular weight excluding hydrogens is 248 g/mol. The highest BCUT2D eigenvalue weighted by Crippen LogP contribution is 2.08. The van der Waals surface area contributed by atoms with E-state index >= 15 is 0 Å². The Hall–Kier alpha value is -1.82. The first-order valence-corrected chi connectivity index (χ1v) is 7.48. The summed E-state index contributed by atoms with van der Waals surface area (Å²) in [6, 6.07) is 9.37. The zero-order valence-electron chi connectivity index (χ0n) is 12.6. The number of benzene rings is 1. The average Bonchev–Trinajstić information content (AvgIpc) is 2.48. The third-order valence-corrected chi connectivity index (χ3v) is 3.35. The molecule has 0 spiro atoms. The maximum Gasteiger partial charge on any atom is 0.226 e. The van der Waals surface area contributed by atoms with E-state index in [0.717, 1.165) is 44.3 Å². The number of carbonyl (C=O) groups is 1. The minimum Gasteiger partial charge on any atom is -0.342 e. The second-order valence-electron chi connectivity index (χ2n) is 5.07. The third-order valence-electron chi connectivity index (χ3n) is 3.35. The SMILES string of the molecule is CCCCN(CCCC)C(=O)Cc1ccc(C#N)cc1. The van der Waals surface area contributed by atoms with Gasteiger partial charge in [-0.1, -0.05) is 38.8 Å². The van der Waals surface area contributed by atoms with Gasteiger partial charge in [-0.05, 0) is 30.5 Å². The third kappa shape index (κ3) is 5.44. The van der Waals surface area contributed by atoms with Crippen LogP contribution in [0.2, 0.25) is 0 Å². The Kier molecular flexibility index (Phi) is 7.42. The van der Waals surface area contributed by atoms with Crippen molar-refractivity contribution in [1.82, 2.24) is 4.90 Å². The van der Waals surface area contributed by atoms with Crippen LogP contribution in [0.1, 0.15) is 50.7 Å². The number of nitriles is 1. The van der Waals surface area contributed by atoms with Gasteiger partial charge in [-0.3, -0.25) is 4.79 Å². The van der Waals surface area contributed by atoms with Gasteiger partial charge >= 0.3 is 0 Å². The van der Waals surface area contributed by atoms with E-state index in [-0.39, 0.29) is 5.91 Å². The lowest BCUT2D eigenvalue weighted by Crippen LogP contribution is -2.34. The van der Waals surface area contributed by atoms with Crippen LogP contribution in [0.4, 0.5) is 0 Å². The fourth-order valence-corrected chi connectivity index (χ4v) is 2.04. The standard InChI is InChI=1S/C17H24N2O/c1-3-5-11-19(12-6-4-2)17(20)13-15-7-9-16(14-18)10-8-15/h7-10H,3-6,11-13H2,1-2H3. The van der Waals surface area contributed by atoms with Crippen LogP contribution in [-0.4, -0.2) is 23.9 Å². The molecule has 0 atom stereocenters. The summed E-state index contributed by atoms with van der Waals surface area (Å²) in [5, 5.41) is 8.77. The first kappa shape index (κ1) is 16.2. The van der Waals surface area contributed by atoms with Gasteiger partial charge in [-0.25, -0.2) is 0 Å². The Morgan fingerprint density at radius 1 is 1.10 bits per heavy atom. The van der Waals surface area contributed by atoms with Gasteiger partial charge in [0.05, 0.1) is 18.1 Å². The molecule has 1 aromatic rings. The predicted molar refractivity (Wildman–Crippen MR) is 81.3 cm³/mol. The van der Waals surface area contributed by atoms with Crippen molar-refractivity contribution in [2.24, 2.45) is 0 Å². The summed E-state index contributed by atoms with van der Waals surface area (Å²) in [6.07, 6.45) is 4.75. The minimum absolute atomic E-state index is 0.191. The Balaban J connectivity index is 2.61. The summed E-state index contributed by atoms with van der Waals surface area (Å²) in [6.45, 7) is 5.99. The van der Waals surface area contributed by atoms with E-state index in [9.17, 15) is 4.79 Å². The minimum atomic E-state index is 0.191. The number of hydrogen-bond acceptors (Lipinski definition) is 2. The van der Waals surface area contributed by atoms with Crippen LogP contribution < -0.4 is 0 Å². The highest BCUT2D eigenvalue weighted by atomic mass is 16.2. The molecule has 0 aliphatic rings. The van der Waals surface area contributed by atoms with Gasteiger partial charge in [0, 0.05) is 13.1 Å². The van der Waals surface area contributed by atoms with Crippen molar-refractivity contribution in [1.29, 1.82) is 5.26 Å². The van der Waals surface area contributed by atoms with E-state index in [1.165, 1.54) is 0 Å². The summed E-state index contributed by atoms with van der Waals surface area (Å²) in [5.74, 6) is 0.191. The molecular formula is C17H24N2O. The normalized spacial score (nSPS) is 10.1. The van der Waals surface area contributed by atoms with Gasteiger partial charge in [0.25, 0.3) is 0 Å². The highest BCUT2D eigenvalue weighted by Gasteiger charge is 2.13. The van der Waals surface area contributed by atoms with Crippen LogP contribution in [0.15, 0.2) is 24.3 Å². The Bertz CT molecular complexity index is 437. The summed E-state index contributed by atoms with van der Waals surface area (Å²) in [7, 11) is 0. The van der Waals surface area contributed by atoms with Gasteiger partial charge in [0.1, 0.15) is 0 Å². The largest absolute Gasteiger partial charge is 0.342 e. The van der Waals surface area contributed by atoms with Gasteiger partial charge in [-0.2, -0.15) is 5.26 Å². The molecule has 0 bridgehead atoms. The molecule has 0 fully saturated rings. The summed E-state index contributed by atoms with van der Waals surface area (Å²) < 4.78 is 0. The number of nitrogens with zero attached hydrogens (tertiary/aromatic N) is 2. The van der Waals surface area contributed by atoms with Crippen molar-refractivity contribution in [2.75, 3.05) is 13.1 Å². The van der Waals surface area contributed by atoms with Crippen molar-refractivity contribution in [3.63, 3.8) is 0 Å². The molecule has 0 aliphatic heterocycles. The second-order valence-corrected chi connectivity index (χ2v) is 5.07. The fraction of sp³-hybridized carbons (Fsp3) is 0.529. The first-order valence-electron chi connectivity index (χ1n) is 7.48. The lowest BCUT2D eigenvalue weighted by atomic mass is 10.1. The summed E-state index contributed by atoms with van der Waals surface area (Å²) >= 11 is 0. The summed E-state index contributed by atoms with van der Waals surface area (Å²) in [5.41, 5.74) is 1.61. The molecule has 3 nitrogen and oxygen atoms in total. The van der Waals surface area contributed by atoms with Gasteiger partial charge < -0.3 is 4.90 Å². The van der Waals surface area contributed by atoms with E-state index in [4.69, 9.17) is 5.26 Å². The Morgan fingerprint density at radius 3 is 2.10 bits per heavy atom. The quantitative estimate of drug-likeness (QED) is 0.726. The number of rotatable bonds is 8. The monoisotopic (exact) mass is 272 g/mol. The van der Waals surface area contributed by atoms with Crippen molar-refractivity contribution < 1.29 is 4.79 Å². The molecule has 1 aromatic carbocycles. The maximum absolute atomic E-state index is 12.3. The van der Waals surface area contributed by atoms with Crippen molar-refractivity contribution in [3.05, 3.63) is 35.4 Å². The predicted octanol–water partition coefficient (Wildman–Crippen LogP) is 3.53. The van der Waals surface area contributed by atoms with E-state index in [1.54, 1.807) is 12.1 Å². The van der Waals surface area contributed by atoms with Crippen molar-refractivity contribution in [3.8, 4) is 6.07 Å². The van der Waals surface area contributed by atoms with E-state index < -0.39 is 0 Å². The van der Waals surface area contributed by atoms with Crippen LogP contribution >= 0.6 is 0 Å². The molecule has 1 rings (SSSR count). The van der Waals surface area contributed by atoms with Gasteiger partial charge in [0.15, 0.2) is 0 Å². The molecule has 20 heavy (non-hydrogen) atoms. The molecule has 0 saturated heterocycles.